The molecular weight excluding hydrogens is 312 g/mol. The van der Waals surface area contributed by atoms with Crippen LogP contribution in [0.5, 0.6) is 0 Å². The molecule has 5 heteroatoms. The molecule has 128 valence electrons. The maximum atomic E-state index is 11.2. The van der Waals surface area contributed by atoms with Crippen molar-refractivity contribution in [2.45, 2.75) is 26.4 Å². The van der Waals surface area contributed by atoms with Gasteiger partial charge in [-0.25, -0.2) is 4.68 Å². The first-order valence-electron chi connectivity index (χ1n) is 8.32. The van der Waals surface area contributed by atoms with Crippen molar-refractivity contribution < 1.29 is 4.79 Å². The van der Waals surface area contributed by atoms with E-state index in [1.807, 2.05) is 65.6 Å². The van der Waals surface area contributed by atoms with Gasteiger partial charge in [0, 0.05) is 37.0 Å². The maximum Gasteiger partial charge on any atom is 0.221 e. The maximum absolute atomic E-state index is 11.2. The predicted octanol–water partition coefficient (Wildman–Crippen LogP) is 3.68. The standard InChI is InChI=1S/C20H22N4O/c1-15(18-7-6-8-19(11-18)23-16(2)25)21-12-17-13-22-24(14-17)20-9-4-3-5-10-20/h3-11,13-15,21H,12H2,1-2H3,(H,23,25)/t15-/m0/s1. The molecule has 3 aromatic rings. The quantitative estimate of drug-likeness (QED) is 0.723. The van der Waals surface area contributed by atoms with E-state index in [1.165, 1.54) is 6.92 Å². The molecule has 25 heavy (non-hydrogen) atoms. The average Bonchev–Trinajstić information content (AvgIpc) is 3.09. The summed E-state index contributed by atoms with van der Waals surface area (Å²) in [5, 5.41) is 10.7. The van der Waals surface area contributed by atoms with Crippen LogP contribution in [-0.4, -0.2) is 15.7 Å². The minimum absolute atomic E-state index is 0.0638. The van der Waals surface area contributed by atoms with Gasteiger partial charge in [0.25, 0.3) is 0 Å². The van der Waals surface area contributed by atoms with Gasteiger partial charge in [-0.2, -0.15) is 5.10 Å². The molecule has 5 nitrogen and oxygen atoms in total. The molecule has 0 aliphatic rings. The zero-order valence-corrected chi connectivity index (χ0v) is 14.4. The van der Waals surface area contributed by atoms with Gasteiger partial charge in [-0.15, -0.1) is 0 Å². The number of nitrogens with one attached hydrogen (secondary N) is 2. The number of amides is 1. The summed E-state index contributed by atoms with van der Waals surface area (Å²) in [6.45, 7) is 4.34. The Morgan fingerprint density at radius 2 is 1.96 bits per heavy atom. The van der Waals surface area contributed by atoms with Crippen LogP contribution in [0.15, 0.2) is 67.0 Å². The number of para-hydroxylation sites is 1. The van der Waals surface area contributed by atoms with E-state index in [-0.39, 0.29) is 11.9 Å². The van der Waals surface area contributed by atoms with Gasteiger partial charge in [-0.05, 0) is 36.8 Å². The Hall–Kier alpha value is -2.92. The van der Waals surface area contributed by atoms with E-state index < -0.39 is 0 Å². The molecule has 0 aliphatic carbocycles. The highest BCUT2D eigenvalue weighted by molar-refractivity contribution is 5.88. The number of carbonyl (C=O) groups is 1. The van der Waals surface area contributed by atoms with Crippen LogP contribution in [0.25, 0.3) is 5.69 Å². The molecule has 0 aliphatic heterocycles. The molecule has 1 atom stereocenters. The smallest absolute Gasteiger partial charge is 0.221 e. The first-order chi connectivity index (χ1) is 12.1. The molecule has 1 aromatic heterocycles. The van der Waals surface area contributed by atoms with E-state index in [0.717, 1.165) is 29.0 Å². The molecule has 0 fully saturated rings. The first-order valence-corrected chi connectivity index (χ1v) is 8.32. The van der Waals surface area contributed by atoms with Crippen LogP contribution in [-0.2, 0) is 11.3 Å². The topological polar surface area (TPSA) is 59.0 Å². The number of hydrogen-bond donors (Lipinski definition) is 2. The number of aromatic nitrogens is 2. The van der Waals surface area contributed by atoms with Crippen LogP contribution in [0.4, 0.5) is 5.69 Å². The van der Waals surface area contributed by atoms with Gasteiger partial charge in [0.05, 0.1) is 11.9 Å². The third-order valence-electron chi connectivity index (χ3n) is 3.98. The lowest BCUT2D eigenvalue weighted by Gasteiger charge is -2.15. The third-order valence-corrected chi connectivity index (χ3v) is 3.98. The fraction of sp³-hybridized carbons (Fsp3) is 0.200. The van der Waals surface area contributed by atoms with Gasteiger partial charge >= 0.3 is 0 Å². The molecule has 0 saturated heterocycles. The molecule has 2 aromatic carbocycles. The first kappa shape index (κ1) is 16.9. The number of nitrogens with zero attached hydrogens (tertiary/aromatic N) is 2. The van der Waals surface area contributed by atoms with Crippen LogP contribution in [0, 0.1) is 0 Å². The number of carbonyl (C=O) groups excluding carboxylic acids is 1. The molecule has 0 unspecified atom stereocenters. The Bertz CT molecular complexity index is 842. The second-order valence-electron chi connectivity index (χ2n) is 6.04. The van der Waals surface area contributed by atoms with Gasteiger partial charge in [-0.1, -0.05) is 30.3 Å². The fourth-order valence-corrected chi connectivity index (χ4v) is 2.65. The molecule has 0 spiro atoms. The van der Waals surface area contributed by atoms with Crippen molar-refractivity contribution >= 4 is 11.6 Å². The number of anilines is 1. The molecule has 1 heterocycles. The summed E-state index contributed by atoms with van der Waals surface area (Å²) in [7, 11) is 0. The van der Waals surface area contributed by atoms with Crippen LogP contribution in [0.2, 0.25) is 0 Å². The number of rotatable bonds is 6. The van der Waals surface area contributed by atoms with Crippen molar-refractivity contribution in [1.82, 2.24) is 15.1 Å². The number of hydrogen-bond acceptors (Lipinski definition) is 3. The summed E-state index contributed by atoms with van der Waals surface area (Å²) in [6, 6.07) is 18.1. The van der Waals surface area contributed by atoms with Gasteiger partial charge in [-0.3, -0.25) is 4.79 Å². The average molecular weight is 334 g/mol. The Morgan fingerprint density at radius 1 is 1.16 bits per heavy atom. The van der Waals surface area contributed by atoms with Crippen molar-refractivity contribution in [2.75, 3.05) is 5.32 Å². The second-order valence-corrected chi connectivity index (χ2v) is 6.04. The minimum atomic E-state index is -0.0638. The van der Waals surface area contributed by atoms with Crippen LogP contribution >= 0.6 is 0 Å². The van der Waals surface area contributed by atoms with Crippen molar-refractivity contribution in [2.24, 2.45) is 0 Å². The molecular formula is C20H22N4O. The minimum Gasteiger partial charge on any atom is -0.326 e. The SMILES string of the molecule is CC(=O)Nc1cccc([C@H](C)NCc2cnn(-c3ccccc3)c2)c1. The molecule has 3 rings (SSSR count). The molecule has 0 bridgehead atoms. The zero-order chi connectivity index (χ0) is 17.6. The highest BCUT2D eigenvalue weighted by Crippen LogP contribution is 2.18. The third kappa shape index (κ3) is 4.55. The van der Waals surface area contributed by atoms with E-state index in [9.17, 15) is 4.79 Å². The molecule has 1 amide bonds. The summed E-state index contributed by atoms with van der Waals surface area (Å²) >= 11 is 0. The molecule has 0 saturated carbocycles. The van der Waals surface area contributed by atoms with E-state index in [4.69, 9.17) is 0 Å². The van der Waals surface area contributed by atoms with Crippen LogP contribution in [0.1, 0.15) is 31.0 Å². The summed E-state index contributed by atoms with van der Waals surface area (Å²) in [4.78, 5) is 11.2. The van der Waals surface area contributed by atoms with Gasteiger partial charge < -0.3 is 10.6 Å². The second kappa shape index (κ2) is 7.77. The highest BCUT2D eigenvalue weighted by atomic mass is 16.1. The highest BCUT2D eigenvalue weighted by Gasteiger charge is 2.07. The predicted molar refractivity (Wildman–Crippen MR) is 99.6 cm³/mol. The van der Waals surface area contributed by atoms with E-state index in [2.05, 4.69) is 28.7 Å². The lowest BCUT2D eigenvalue weighted by molar-refractivity contribution is -0.114. The van der Waals surface area contributed by atoms with E-state index >= 15 is 0 Å². The van der Waals surface area contributed by atoms with Crippen molar-refractivity contribution in [3.63, 3.8) is 0 Å². The zero-order valence-electron chi connectivity index (χ0n) is 14.4. The van der Waals surface area contributed by atoms with Crippen molar-refractivity contribution in [3.8, 4) is 5.69 Å². The van der Waals surface area contributed by atoms with E-state index in [1.54, 1.807) is 0 Å². The Morgan fingerprint density at radius 3 is 2.72 bits per heavy atom. The van der Waals surface area contributed by atoms with Crippen LogP contribution < -0.4 is 10.6 Å². The van der Waals surface area contributed by atoms with E-state index in [0.29, 0.717) is 0 Å². The Labute approximate surface area is 147 Å². The lowest BCUT2D eigenvalue weighted by atomic mass is 10.1. The largest absolute Gasteiger partial charge is 0.326 e. The Kier molecular flexibility index (Phi) is 5.26. The summed E-state index contributed by atoms with van der Waals surface area (Å²) in [5.41, 5.74) is 4.11. The van der Waals surface area contributed by atoms with Gasteiger partial charge in [0.2, 0.25) is 5.91 Å². The van der Waals surface area contributed by atoms with Crippen molar-refractivity contribution in [3.05, 3.63) is 78.1 Å². The fourth-order valence-electron chi connectivity index (χ4n) is 2.65. The van der Waals surface area contributed by atoms with Gasteiger partial charge in [0.1, 0.15) is 0 Å². The summed E-state index contributed by atoms with van der Waals surface area (Å²) in [5.74, 6) is -0.0638. The molecule has 0 radical (unpaired) electrons. The summed E-state index contributed by atoms with van der Waals surface area (Å²) < 4.78 is 1.87. The normalized spacial score (nSPS) is 11.9. The van der Waals surface area contributed by atoms with Crippen LogP contribution in [0.3, 0.4) is 0 Å². The summed E-state index contributed by atoms with van der Waals surface area (Å²) in [6.07, 6.45) is 3.91. The van der Waals surface area contributed by atoms with Crippen molar-refractivity contribution in [1.29, 1.82) is 0 Å². The lowest BCUT2D eigenvalue weighted by Crippen LogP contribution is -2.18. The Balaban J connectivity index is 1.62. The monoisotopic (exact) mass is 334 g/mol. The molecule has 2 N–H and O–H groups in total. The number of benzene rings is 2. The van der Waals surface area contributed by atoms with Gasteiger partial charge in [0.15, 0.2) is 0 Å².